The van der Waals surface area contributed by atoms with Crippen LogP contribution < -0.4 is 11.1 Å². The third kappa shape index (κ3) is 3.12. The van der Waals surface area contributed by atoms with Gasteiger partial charge in [0.2, 0.25) is 11.8 Å². The monoisotopic (exact) mass is 283 g/mol. The molecular formula is C14H25N3O3. The van der Waals surface area contributed by atoms with Crippen molar-refractivity contribution in [1.29, 1.82) is 0 Å². The van der Waals surface area contributed by atoms with E-state index in [0.717, 1.165) is 12.8 Å². The fourth-order valence-corrected chi connectivity index (χ4v) is 2.32. The van der Waals surface area contributed by atoms with Crippen LogP contribution in [0.15, 0.2) is 0 Å². The number of amides is 2. The summed E-state index contributed by atoms with van der Waals surface area (Å²) in [4.78, 5) is 26.6. The van der Waals surface area contributed by atoms with Crippen molar-refractivity contribution in [3.05, 3.63) is 0 Å². The lowest BCUT2D eigenvalue weighted by Gasteiger charge is -2.39. The summed E-state index contributed by atoms with van der Waals surface area (Å²) in [5.74, 6) is -0.141. The zero-order valence-electron chi connectivity index (χ0n) is 12.4. The molecule has 0 aromatic heterocycles. The van der Waals surface area contributed by atoms with Crippen molar-refractivity contribution in [3.63, 3.8) is 0 Å². The van der Waals surface area contributed by atoms with Crippen LogP contribution in [0, 0.1) is 5.41 Å². The van der Waals surface area contributed by atoms with Gasteiger partial charge in [0.1, 0.15) is 6.04 Å². The fourth-order valence-electron chi connectivity index (χ4n) is 2.32. The van der Waals surface area contributed by atoms with Crippen LogP contribution in [-0.2, 0) is 14.3 Å². The first-order valence-corrected chi connectivity index (χ1v) is 7.41. The van der Waals surface area contributed by atoms with Crippen molar-refractivity contribution in [3.8, 4) is 0 Å². The molecule has 1 aliphatic carbocycles. The van der Waals surface area contributed by atoms with Crippen molar-refractivity contribution < 1.29 is 14.3 Å². The maximum Gasteiger partial charge on any atom is 0.245 e. The average Bonchev–Trinajstić information content (AvgIpc) is 3.29. The predicted molar refractivity (Wildman–Crippen MR) is 74.9 cm³/mol. The summed E-state index contributed by atoms with van der Waals surface area (Å²) >= 11 is 0. The van der Waals surface area contributed by atoms with Crippen LogP contribution in [0.4, 0.5) is 0 Å². The number of nitrogens with one attached hydrogen (secondary N) is 1. The van der Waals surface area contributed by atoms with Gasteiger partial charge in [0, 0.05) is 19.1 Å². The molecular weight excluding hydrogens is 258 g/mol. The molecule has 6 heteroatoms. The molecule has 2 aliphatic rings. The minimum atomic E-state index is -0.602. The Balaban J connectivity index is 2.09. The topological polar surface area (TPSA) is 84.7 Å². The number of nitrogens with two attached hydrogens (primary N) is 1. The van der Waals surface area contributed by atoms with E-state index in [2.05, 4.69) is 5.32 Å². The second kappa shape index (κ2) is 6.10. The molecule has 114 valence electrons. The first kappa shape index (κ1) is 15.3. The highest BCUT2D eigenvalue weighted by atomic mass is 16.5. The number of rotatable bonds is 5. The highest BCUT2D eigenvalue weighted by molar-refractivity contribution is 5.90. The lowest BCUT2D eigenvalue weighted by atomic mass is 9.85. The van der Waals surface area contributed by atoms with E-state index in [0.29, 0.717) is 19.6 Å². The number of carbonyl (C=O) groups excluding carboxylic acids is 2. The number of morpholine rings is 1. The quantitative estimate of drug-likeness (QED) is 0.736. The molecule has 3 N–H and O–H groups in total. The van der Waals surface area contributed by atoms with Gasteiger partial charge in [-0.2, -0.15) is 0 Å². The van der Waals surface area contributed by atoms with Gasteiger partial charge in [0.15, 0.2) is 0 Å². The maximum atomic E-state index is 12.7. The Morgan fingerprint density at radius 1 is 1.45 bits per heavy atom. The van der Waals surface area contributed by atoms with Gasteiger partial charge >= 0.3 is 0 Å². The standard InChI is InChI=1S/C14H25N3O3/c1-3-14(2,9-15)13(19)17-6-7-20-8-11(17)12(18)16-10-4-5-10/h10-11H,3-9,15H2,1-2H3,(H,16,18). The molecule has 0 radical (unpaired) electrons. The van der Waals surface area contributed by atoms with E-state index in [1.54, 1.807) is 4.90 Å². The Kier molecular flexibility index (Phi) is 4.65. The van der Waals surface area contributed by atoms with Gasteiger partial charge in [0.25, 0.3) is 0 Å². The molecule has 2 unspecified atom stereocenters. The third-order valence-corrected chi connectivity index (χ3v) is 4.36. The van der Waals surface area contributed by atoms with Gasteiger partial charge in [-0.25, -0.2) is 0 Å². The Bertz CT molecular complexity index is 378. The molecule has 0 aromatic carbocycles. The molecule has 0 bridgehead atoms. The number of carbonyl (C=O) groups is 2. The normalized spacial score (nSPS) is 25.9. The van der Waals surface area contributed by atoms with Crippen molar-refractivity contribution in [2.75, 3.05) is 26.3 Å². The molecule has 20 heavy (non-hydrogen) atoms. The van der Waals surface area contributed by atoms with Crippen LogP contribution in [0.5, 0.6) is 0 Å². The van der Waals surface area contributed by atoms with Crippen molar-refractivity contribution >= 4 is 11.8 Å². The van der Waals surface area contributed by atoms with Crippen LogP contribution >= 0.6 is 0 Å². The van der Waals surface area contributed by atoms with E-state index in [9.17, 15) is 9.59 Å². The molecule has 0 aromatic rings. The second-order valence-corrected chi connectivity index (χ2v) is 5.99. The number of hydrogen-bond acceptors (Lipinski definition) is 4. The highest BCUT2D eigenvalue weighted by Gasteiger charge is 2.41. The zero-order chi connectivity index (χ0) is 14.8. The number of nitrogens with zero attached hydrogens (tertiary/aromatic N) is 1. The van der Waals surface area contributed by atoms with Crippen LogP contribution in [0.2, 0.25) is 0 Å². The number of hydrogen-bond donors (Lipinski definition) is 2. The Morgan fingerprint density at radius 2 is 2.15 bits per heavy atom. The maximum absolute atomic E-state index is 12.7. The SMILES string of the molecule is CCC(C)(CN)C(=O)N1CCOCC1C(=O)NC1CC1. The minimum absolute atomic E-state index is 0.0400. The summed E-state index contributed by atoms with van der Waals surface area (Å²) < 4.78 is 5.38. The van der Waals surface area contributed by atoms with Gasteiger partial charge in [-0.05, 0) is 26.2 Å². The minimum Gasteiger partial charge on any atom is -0.377 e. The van der Waals surface area contributed by atoms with Crippen molar-refractivity contribution in [1.82, 2.24) is 10.2 Å². The summed E-state index contributed by atoms with van der Waals surface area (Å²) in [6.45, 7) is 5.30. The number of ether oxygens (including phenoxy) is 1. The summed E-state index contributed by atoms with van der Waals surface area (Å²) in [6, 6.07) is -0.234. The molecule has 0 spiro atoms. The third-order valence-electron chi connectivity index (χ3n) is 4.36. The van der Waals surface area contributed by atoms with E-state index in [1.807, 2.05) is 13.8 Å². The van der Waals surface area contributed by atoms with Crippen LogP contribution in [0.3, 0.4) is 0 Å². The van der Waals surface area contributed by atoms with E-state index in [1.165, 1.54) is 0 Å². The molecule has 6 nitrogen and oxygen atoms in total. The first-order chi connectivity index (χ1) is 9.51. The van der Waals surface area contributed by atoms with Crippen molar-refractivity contribution in [2.45, 2.75) is 45.2 Å². The van der Waals surface area contributed by atoms with E-state index >= 15 is 0 Å². The molecule has 1 heterocycles. The molecule has 1 aliphatic heterocycles. The van der Waals surface area contributed by atoms with Crippen molar-refractivity contribution in [2.24, 2.45) is 11.1 Å². The van der Waals surface area contributed by atoms with Gasteiger partial charge in [0.05, 0.1) is 18.6 Å². The summed E-state index contributed by atoms with van der Waals surface area (Å²) in [7, 11) is 0. The van der Waals surface area contributed by atoms with Crippen LogP contribution in [0.1, 0.15) is 33.1 Å². The molecule has 1 saturated carbocycles. The highest BCUT2D eigenvalue weighted by Crippen LogP contribution is 2.26. The van der Waals surface area contributed by atoms with Gasteiger partial charge in [-0.3, -0.25) is 9.59 Å². The molecule has 2 atom stereocenters. The van der Waals surface area contributed by atoms with Gasteiger partial charge in [-0.15, -0.1) is 0 Å². The van der Waals surface area contributed by atoms with E-state index in [4.69, 9.17) is 10.5 Å². The van der Waals surface area contributed by atoms with Crippen LogP contribution in [-0.4, -0.2) is 55.1 Å². The molecule has 2 rings (SSSR count). The molecule has 2 amide bonds. The first-order valence-electron chi connectivity index (χ1n) is 7.41. The van der Waals surface area contributed by atoms with Gasteiger partial charge in [-0.1, -0.05) is 6.92 Å². The Labute approximate surface area is 120 Å². The largest absolute Gasteiger partial charge is 0.377 e. The predicted octanol–water partition coefficient (Wildman–Crippen LogP) is -0.133. The Hall–Kier alpha value is -1.14. The summed E-state index contributed by atoms with van der Waals surface area (Å²) in [5, 5.41) is 2.95. The smallest absolute Gasteiger partial charge is 0.245 e. The van der Waals surface area contributed by atoms with E-state index in [-0.39, 0.29) is 31.0 Å². The fraction of sp³-hybridized carbons (Fsp3) is 0.857. The Morgan fingerprint density at radius 3 is 2.70 bits per heavy atom. The van der Waals surface area contributed by atoms with Crippen LogP contribution in [0.25, 0.3) is 0 Å². The lowest BCUT2D eigenvalue weighted by Crippen LogP contribution is -2.60. The van der Waals surface area contributed by atoms with E-state index < -0.39 is 11.5 Å². The summed E-state index contributed by atoms with van der Waals surface area (Å²) in [6.07, 6.45) is 2.72. The summed E-state index contributed by atoms with van der Waals surface area (Å²) in [5.41, 5.74) is 5.16. The lowest BCUT2D eigenvalue weighted by molar-refractivity contribution is -0.155. The zero-order valence-corrected chi connectivity index (χ0v) is 12.4. The molecule has 1 saturated heterocycles. The average molecular weight is 283 g/mol. The molecule has 2 fully saturated rings. The van der Waals surface area contributed by atoms with Gasteiger partial charge < -0.3 is 20.7 Å². The second-order valence-electron chi connectivity index (χ2n) is 5.99.